The molecule has 1 aromatic carbocycles. The second-order valence-corrected chi connectivity index (χ2v) is 5.66. The third-order valence-electron chi connectivity index (χ3n) is 3.87. The van der Waals surface area contributed by atoms with Gasteiger partial charge in [0.25, 0.3) is 5.56 Å². The van der Waals surface area contributed by atoms with Gasteiger partial charge < -0.3 is 9.72 Å². The zero-order valence-corrected chi connectivity index (χ0v) is 12.8. The summed E-state index contributed by atoms with van der Waals surface area (Å²) in [6, 6.07) is 9.16. The summed E-state index contributed by atoms with van der Waals surface area (Å²) < 4.78 is 5.77. The fraction of sp³-hybridized carbons (Fsp3) is 0.412. The molecule has 0 bridgehead atoms. The molecular formula is C17H21N3O2. The van der Waals surface area contributed by atoms with Crippen LogP contribution in [0, 0.1) is 6.92 Å². The van der Waals surface area contributed by atoms with Crippen LogP contribution in [-0.4, -0.2) is 41.1 Å². The molecule has 1 fully saturated rings. The molecule has 5 heteroatoms. The van der Waals surface area contributed by atoms with Crippen molar-refractivity contribution in [3.8, 4) is 17.1 Å². The molecule has 1 aliphatic rings. The highest BCUT2D eigenvalue weighted by Crippen LogP contribution is 2.19. The van der Waals surface area contributed by atoms with Gasteiger partial charge >= 0.3 is 0 Å². The number of aryl methyl sites for hydroxylation is 1. The molecule has 3 rings (SSSR count). The average Bonchev–Trinajstić information content (AvgIpc) is 3.00. The van der Waals surface area contributed by atoms with E-state index in [-0.39, 0.29) is 5.56 Å². The normalized spacial score (nSPS) is 15.1. The number of ether oxygens (including phenoxy) is 1. The number of benzene rings is 1. The first-order chi connectivity index (χ1) is 10.7. The predicted molar refractivity (Wildman–Crippen MR) is 86.2 cm³/mol. The lowest BCUT2D eigenvalue weighted by atomic mass is 10.2. The van der Waals surface area contributed by atoms with Gasteiger partial charge in [0.05, 0.1) is 0 Å². The van der Waals surface area contributed by atoms with E-state index in [4.69, 9.17) is 4.74 Å². The van der Waals surface area contributed by atoms with Crippen molar-refractivity contribution >= 4 is 0 Å². The molecule has 1 saturated heterocycles. The fourth-order valence-electron chi connectivity index (χ4n) is 2.72. The van der Waals surface area contributed by atoms with Crippen molar-refractivity contribution in [3.05, 3.63) is 46.4 Å². The molecule has 0 spiro atoms. The zero-order chi connectivity index (χ0) is 15.4. The Kier molecular flexibility index (Phi) is 4.53. The molecule has 5 nitrogen and oxygen atoms in total. The van der Waals surface area contributed by atoms with Crippen LogP contribution in [0.15, 0.2) is 35.1 Å². The van der Waals surface area contributed by atoms with Crippen molar-refractivity contribution in [2.75, 3.05) is 26.2 Å². The van der Waals surface area contributed by atoms with Gasteiger partial charge in [-0.1, -0.05) is 0 Å². The van der Waals surface area contributed by atoms with Gasteiger partial charge in [0.2, 0.25) is 0 Å². The van der Waals surface area contributed by atoms with Gasteiger partial charge in [-0.05, 0) is 57.1 Å². The Labute approximate surface area is 130 Å². The summed E-state index contributed by atoms with van der Waals surface area (Å²) in [7, 11) is 0. The minimum Gasteiger partial charge on any atom is -0.492 e. The molecule has 0 amide bonds. The standard InChI is InChI=1S/C17H21N3O2/c1-13-12-16(21)19-17(18-13)14-4-6-15(7-5-14)22-11-10-20-8-2-3-9-20/h4-7,12H,2-3,8-11H2,1H3,(H,18,19,21). The summed E-state index contributed by atoms with van der Waals surface area (Å²) in [4.78, 5) is 21.0. The first-order valence-corrected chi connectivity index (χ1v) is 7.74. The van der Waals surface area contributed by atoms with Crippen molar-refractivity contribution in [2.24, 2.45) is 0 Å². The molecule has 2 aromatic rings. The largest absolute Gasteiger partial charge is 0.492 e. The van der Waals surface area contributed by atoms with Crippen LogP contribution in [0.1, 0.15) is 18.5 Å². The summed E-state index contributed by atoms with van der Waals surface area (Å²) in [6.45, 7) is 5.88. The predicted octanol–water partition coefficient (Wildman–Crippen LogP) is 2.22. The molecule has 0 atom stereocenters. The van der Waals surface area contributed by atoms with Gasteiger partial charge in [0, 0.05) is 23.9 Å². The minimum atomic E-state index is -0.131. The molecule has 2 heterocycles. The van der Waals surface area contributed by atoms with E-state index < -0.39 is 0 Å². The van der Waals surface area contributed by atoms with Crippen molar-refractivity contribution in [2.45, 2.75) is 19.8 Å². The zero-order valence-electron chi connectivity index (χ0n) is 12.8. The van der Waals surface area contributed by atoms with Gasteiger partial charge in [-0.25, -0.2) is 4.98 Å². The Hall–Kier alpha value is -2.14. The summed E-state index contributed by atoms with van der Waals surface area (Å²) >= 11 is 0. The van der Waals surface area contributed by atoms with Crippen LogP contribution in [0.3, 0.4) is 0 Å². The molecule has 0 aliphatic carbocycles. The maximum atomic E-state index is 11.5. The molecular weight excluding hydrogens is 278 g/mol. The van der Waals surface area contributed by atoms with E-state index >= 15 is 0 Å². The van der Waals surface area contributed by atoms with Crippen LogP contribution >= 0.6 is 0 Å². The van der Waals surface area contributed by atoms with E-state index in [0.717, 1.165) is 17.9 Å². The molecule has 1 aromatic heterocycles. The number of H-pyrrole nitrogens is 1. The maximum absolute atomic E-state index is 11.5. The van der Waals surface area contributed by atoms with Crippen molar-refractivity contribution in [3.63, 3.8) is 0 Å². The number of aromatic nitrogens is 2. The molecule has 116 valence electrons. The molecule has 1 aliphatic heterocycles. The van der Waals surface area contributed by atoms with E-state index in [1.54, 1.807) is 0 Å². The van der Waals surface area contributed by atoms with Gasteiger partial charge in [-0.3, -0.25) is 9.69 Å². The summed E-state index contributed by atoms with van der Waals surface area (Å²) in [5.41, 5.74) is 1.46. The summed E-state index contributed by atoms with van der Waals surface area (Å²) in [5.74, 6) is 1.44. The van der Waals surface area contributed by atoms with Crippen molar-refractivity contribution in [1.29, 1.82) is 0 Å². The Bertz CT molecular complexity index is 673. The van der Waals surface area contributed by atoms with Gasteiger partial charge in [-0.2, -0.15) is 0 Å². The van der Waals surface area contributed by atoms with E-state index in [0.29, 0.717) is 18.1 Å². The van der Waals surface area contributed by atoms with Crippen LogP contribution in [0.2, 0.25) is 0 Å². The van der Waals surface area contributed by atoms with Crippen LogP contribution < -0.4 is 10.3 Å². The highest BCUT2D eigenvalue weighted by Gasteiger charge is 2.10. The Morgan fingerprint density at radius 2 is 1.95 bits per heavy atom. The number of hydrogen-bond donors (Lipinski definition) is 1. The molecule has 0 unspecified atom stereocenters. The topological polar surface area (TPSA) is 58.2 Å². The number of nitrogens with zero attached hydrogens (tertiary/aromatic N) is 2. The van der Waals surface area contributed by atoms with Gasteiger partial charge in [0.1, 0.15) is 18.2 Å². The van der Waals surface area contributed by atoms with E-state index in [2.05, 4.69) is 14.9 Å². The van der Waals surface area contributed by atoms with Crippen LogP contribution in [0.4, 0.5) is 0 Å². The first kappa shape index (κ1) is 14.8. The average molecular weight is 299 g/mol. The summed E-state index contributed by atoms with van der Waals surface area (Å²) in [5, 5.41) is 0. The second-order valence-electron chi connectivity index (χ2n) is 5.66. The molecule has 0 radical (unpaired) electrons. The lowest BCUT2D eigenvalue weighted by Gasteiger charge is -2.15. The Balaban J connectivity index is 1.60. The third kappa shape index (κ3) is 3.74. The van der Waals surface area contributed by atoms with Gasteiger partial charge in [-0.15, -0.1) is 0 Å². The monoisotopic (exact) mass is 299 g/mol. The third-order valence-corrected chi connectivity index (χ3v) is 3.87. The first-order valence-electron chi connectivity index (χ1n) is 7.74. The minimum absolute atomic E-state index is 0.131. The van der Waals surface area contributed by atoms with Gasteiger partial charge in [0.15, 0.2) is 0 Å². The SMILES string of the molecule is Cc1cc(=O)[nH]c(-c2ccc(OCCN3CCCC3)cc2)n1. The molecule has 22 heavy (non-hydrogen) atoms. The number of likely N-dealkylation sites (tertiary alicyclic amines) is 1. The van der Waals surface area contributed by atoms with E-state index in [1.807, 2.05) is 31.2 Å². The number of rotatable bonds is 5. The lowest BCUT2D eigenvalue weighted by molar-refractivity contribution is 0.238. The van der Waals surface area contributed by atoms with E-state index in [1.165, 1.54) is 32.0 Å². The number of nitrogens with one attached hydrogen (secondary N) is 1. The quantitative estimate of drug-likeness (QED) is 0.919. The smallest absolute Gasteiger partial charge is 0.251 e. The number of aromatic amines is 1. The van der Waals surface area contributed by atoms with Crippen LogP contribution in [0.25, 0.3) is 11.4 Å². The lowest BCUT2D eigenvalue weighted by Crippen LogP contribution is -2.25. The fourth-order valence-corrected chi connectivity index (χ4v) is 2.72. The maximum Gasteiger partial charge on any atom is 0.251 e. The van der Waals surface area contributed by atoms with Crippen molar-refractivity contribution in [1.82, 2.24) is 14.9 Å². The van der Waals surface area contributed by atoms with Crippen molar-refractivity contribution < 1.29 is 4.74 Å². The highest BCUT2D eigenvalue weighted by molar-refractivity contribution is 5.56. The Morgan fingerprint density at radius 3 is 2.64 bits per heavy atom. The molecule has 1 N–H and O–H groups in total. The molecule has 0 saturated carbocycles. The van der Waals surface area contributed by atoms with E-state index in [9.17, 15) is 4.79 Å². The number of hydrogen-bond acceptors (Lipinski definition) is 4. The summed E-state index contributed by atoms with van der Waals surface area (Å²) in [6.07, 6.45) is 2.60. The second kappa shape index (κ2) is 6.75. The Morgan fingerprint density at radius 1 is 1.23 bits per heavy atom. The van der Waals surface area contributed by atoms with Crippen LogP contribution in [-0.2, 0) is 0 Å². The van der Waals surface area contributed by atoms with Crippen LogP contribution in [0.5, 0.6) is 5.75 Å². The highest BCUT2D eigenvalue weighted by atomic mass is 16.5.